The van der Waals surface area contributed by atoms with Crippen molar-refractivity contribution in [3.8, 4) is 56.5 Å². The molecular weight excluding hydrogens is 1510 g/mol. The molecule has 17 rings (SSSR count). The van der Waals surface area contributed by atoms with Gasteiger partial charge in [0, 0.05) is 76.2 Å². The Balaban J connectivity index is 0.000000169. The van der Waals surface area contributed by atoms with E-state index in [-0.39, 0.29) is 46.9 Å². The minimum absolute atomic E-state index is 0.0766. The Labute approximate surface area is 657 Å². The van der Waals surface area contributed by atoms with Crippen molar-refractivity contribution in [3.05, 3.63) is 154 Å². The number of methoxy groups -OCH3 is 2. The van der Waals surface area contributed by atoms with Gasteiger partial charge in [0.25, 0.3) is 0 Å². The van der Waals surface area contributed by atoms with Crippen LogP contribution < -0.4 is 25.6 Å². The Hall–Kier alpha value is -8.51. The highest BCUT2D eigenvalue weighted by Gasteiger charge is 2.52. The molecule has 5 saturated heterocycles. The largest absolute Gasteiger partial charge is 0.494 e. The number of likely N-dealkylation sites (tertiary alicyclic amines) is 2. The van der Waals surface area contributed by atoms with E-state index in [1.54, 1.807) is 63.1 Å². The van der Waals surface area contributed by atoms with Crippen LogP contribution >= 0.6 is 57.5 Å². The first-order valence-corrected chi connectivity index (χ1v) is 39.9. The summed E-state index contributed by atoms with van der Waals surface area (Å²) in [6, 6.07) is 19.9. The number of hydrogen-bond donors (Lipinski definition) is 4. The molecule has 0 spiro atoms. The predicted molar refractivity (Wildman–Crippen MR) is 419 cm³/mol. The number of carbonyl (C=O) groups excluding carboxylic acids is 4. The zero-order valence-corrected chi connectivity index (χ0v) is 66.4. The third kappa shape index (κ3) is 13.6. The number of ether oxygens (including phenoxy) is 6. The fraction of sp³-hybridized carbons (Fsp3) is 0.425. The smallest absolute Gasteiger partial charge is 0.464 e. The summed E-state index contributed by atoms with van der Waals surface area (Å²) in [5.74, 6) is 0.328. The number of hydrogen-bond acceptors (Lipinski definition) is 16. The highest BCUT2D eigenvalue weighted by Crippen LogP contribution is 2.55. The molecule has 4 aromatic carbocycles. The summed E-state index contributed by atoms with van der Waals surface area (Å²) in [6.07, 6.45) is 6.31. The molecule has 0 aliphatic carbocycles. The van der Waals surface area contributed by atoms with Crippen LogP contribution in [-0.2, 0) is 37.8 Å². The third-order valence-electron chi connectivity index (χ3n) is 23.2. The summed E-state index contributed by atoms with van der Waals surface area (Å²) in [5, 5.41) is 8.35. The second-order valence-corrected chi connectivity index (χ2v) is 34.1. The van der Waals surface area contributed by atoms with Crippen LogP contribution in [0.5, 0.6) is 11.5 Å². The van der Waals surface area contributed by atoms with Crippen LogP contribution in [-0.4, -0.2) is 147 Å². The van der Waals surface area contributed by atoms with Crippen molar-refractivity contribution >= 4 is 116 Å². The quantitative estimate of drug-likeness (QED) is 0.0786. The minimum atomic E-state index is -0.755. The Morgan fingerprint density at radius 2 is 1.02 bits per heavy atom. The van der Waals surface area contributed by atoms with E-state index in [1.165, 1.54) is 26.4 Å². The number of nitrogens with one attached hydrogen (secondary N) is 4. The summed E-state index contributed by atoms with van der Waals surface area (Å²) in [5.41, 5.74) is 7.42. The van der Waals surface area contributed by atoms with E-state index in [9.17, 15) is 19.2 Å². The number of rotatable bonds is 13. The van der Waals surface area contributed by atoms with Gasteiger partial charge in [0.15, 0.2) is 0 Å². The van der Waals surface area contributed by atoms with Crippen molar-refractivity contribution in [2.75, 3.05) is 53.7 Å². The fourth-order valence-electron chi connectivity index (χ4n) is 16.4. The van der Waals surface area contributed by atoms with Gasteiger partial charge in [-0.3, -0.25) is 18.7 Å². The van der Waals surface area contributed by atoms with E-state index in [2.05, 4.69) is 65.4 Å². The van der Waals surface area contributed by atoms with Gasteiger partial charge in [0.2, 0.25) is 24.3 Å². The number of H-pyrrole nitrogens is 2. The number of imidazole rings is 2. The fourth-order valence-corrected chi connectivity index (χ4v) is 19.4. The van der Waals surface area contributed by atoms with Crippen LogP contribution in [0.4, 0.5) is 18.4 Å². The molecule has 13 heterocycles. The van der Waals surface area contributed by atoms with Crippen molar-refractivity contribution in [1.29, 1.82) is 0 Å². The molecule has 7 aliphatic heterocycles. The van der Waals surface area contributed by atoms with E-state index in [1.807, 2.05) is 67.2 Å². The number of aryl methyl sites for hydroxylation is 4. The van der Waals surface area contributed by atoms with Gasteiger partial charge >= 0.3 is 19.3 Å². The normalized spacial score (nSPS) is 20.6. The topological polar surface area (TPSA) is 240 Å². The van der Waals surface area contributed by atoms with Gasteiger partial charge in [-0.05, 0) is 196 Å². The van der Waals surface area contributed by atoms with Gasteiger partial charge in [-0.2, -0.15) is 0 Å². The SMILES string of the molecule is COC(=O)N[C@@H](C(=O)N1CCC[C@H]1c1ncc(-c2cc(F)c3c(c2)OC(c2cc(C)c(C)s2)n2c-3c(Cl)c3cc(B4OC(C)(C)C(C)(C)O4)ccc32)[nH]1)C1CCOCC1.COC(=O)N[C@@H](C(=O)N1CCC[C@H]1c1ncc(-c2cc(F)c3c(c2)OC(c2cc(C)c(C)s2)n2c-3c(Cl)c3cc(Cl)ccc32)[nH]1)C1CCOCC1. The van der Waals surface area contributed by atoms with E-state index in [0.717, 1.165) is 65.4 Å². The summed E-state index contributed by atoms with van der Waals surface area (Å²) in [4.78, 5) is 76.8. The standard InChI is InChI=1S/C43H48BClFN5O7S.C37H36Cl2FN5O5S/c1-22-17-33(59-23(22)2)40-51-30-11-10-26(44-57-42(3,4)43(5,6)58-44)20-27(30)35(45)37(51)34-28(46)18-25(19-32(34)56-40)29-21-47-38(48-29)31-9-8-14-50(31)39(52)36(49-41(53)54-7)24-12-15-55-16-13-24;1-18-13-29(51-19(18)2)36-45-26-7-6-22(38)16-23(26)31(39)33(45)30-24(40)14-21(15-28(30)50-36)25-17-41-34(42-25)27-5-4-10-44(27)35(46)32(43-37(47)48-3)20-8-11-49-12-9-20/h10-11,17-21,24,31,36,40H,8-9,12-16H2,1-7H3,(H,47,48)(H,49,53);6-7,13-17,20,27,32,36H,4-5,8-12H2,1-3H3,(H,41,42)(H,43,47)/t31-,36+,40?;27-,32+,36?/m00/s1. The number of aromatic amines is 2. The van der Waals surface area contributed by atoms with Crippen molar-refractivity contribution in [1.82, 2.24) is 49.5 Å². The number of carbonyl (C=O) groups is 4. The molecule has 6 atom stereocenters. The summed E-state index contributed by atoms with van der Waals surface area (Å²) < 4.78 is 84.3. The van der Waals surface area contributed by atoms with Gasteiger partial charge in [-0.1, -0.05) is 46.9 Å². The lowest BCUT2D eigenvalue weighted by Crippen LogP contribution is -2.53. The highest BCUT2D eigenvalue weighted by molar-refractivity contribution is 7.12. The molecule has 0 bridgehead atoms. The molecule has 110 heavy (non-hydrogen) atoms. The maximum atomic E-state index is 16.8. The first-order chi connectivity index (χ1) is 52.8. The number of fused-ring (bicyclic) bond motifs is 10. The van der Waals surface area contributed by atoms with Gasteiger partial charge in [-0.25, -0.2) is 28.3 Å². The number of benzene rings is 4. The molecule has 4 amide bonds. The Morgan fingerprint density at radius 3 is 1.44 bits per heavy atom. The van der Waals surface area contributed by atoms with Crippen LogP contribution in [0.3, 0.4) is 0 Å². The van der Waals surface area contributed by atoms with Crippen LogP contribution in [0.2, 0.25) is 15.1 Å². The Kier molecular flexibility index (Phi) is 20.5. The molecule has 30 heteroatoms. The molecule has 7 aliphatic rings. The van der Waals surface area contributed by atoms with E-state index in [0.29, 0.717) is 156 Å². The van der Waals surface area contributed by atoms with Crippen molar-refractivity contribution in [2.24, 2.45) is 11.8 Å². The lowest BCUT2D eigenvalue weighted by Gasteiger charge is -2.34. The zero-order valence-electron chi connectivity index (χ0n) is 62.5. The van der Waals surface area contributed by atoms with Crippen molar-refractivity contribution < 1.29 is 65.7 Å². The van der Waals surface area contributed by atoms with Crippen molar-refractivity contribution in [3.63, 3.8) is 0 Å². The van der Waals surface area contributed by atoms with E-state index in [4.69, 9.17) is 77.5 Å². The maximum absolute atomic E-state index is 16.8. The lowest BCUT2D eigenvalue weighted by atomic mass is 9.78. The molecule has 10 aromatic rings. The average Bonchev–Trinajstić information content (AvgIpc) is 1.54. The predicted octanol–water partition coefficient (Wildman–Crippen LogP) is 16.8. The Bertz CT molecular complexity index is 5240. The zero-order chi connectivity index (χ0) is 77.1. The number of amides is 4. The molecule has 576 valence electrons. The number of aromatic nitrogens is 6. The average molecular weight is 1600 g/mol. The van der Waals surface area contributed by atoms with Crippen LogP contribution in [0.1, 0.15) is 146 Å². The number of alkyl carbamates (subject to hydrolysis) is 2. The number of nitrogens with zero attached hydrogens (tertiary/aromatic N) is 6. The lowest BCUT2D eigenvalue weighted by molar-refractivity contribution is -0.137. The summed E-state index contributed by atoms with van der Waals surface area (Å²) in [6.45, 7) is 19.5. The monoisotopic (exact) mass is 1590 g/mol. The Morgan fingerprint density at radius 1 is 0.591 bits per heavy atom. The van der Waals surface area contributed by atoms with E-state index < -0.39 is 66.7 Å². The highest BCUT2D eigenvalue weighted by atomic mass is 35.5. The summed E-state index contributed by atoms with van der Waals surface area (Å²) in [7, 11) is 1.97. The van der Waals surface area contributed by atoms with Gasteiger partial charge in [0.1, 0.15) is 46.9 Å². The van der Waals surface area contributed by atoms with E-state index >= 15 is 8.78 Å². The number of thiophene rings is 2. The van der Waals surface area contributed by atoms with Gasteiger partial charge < -0.3 is 68.1 Å². The number of halogens is 5. The molecule has 22 nitrogen and oxygen atoms in total. The van der Waals surface area contributed by atoms with Gasteiger partial charge in [0.05, 0.1) is 115 Å². The molecule has 6 aromatic heterocycles. The first-order valence-electron chi connectivity index (χ1n) is 37.2. The van der Waals surface area contributed by atoms with Crippen molar-refractivity contribution in [2.45, 2.75) is 155 Å². The van der Waals surface area contributed by atoms with Gasteiger partial charge in [-0.15, -0.1) is 22.7 Å². The van der Waals surface area contributed by atoms with Crippen LogP contribution in [0, 0.1) is 51.2 Å². The van der Waals surface area contributed by atoms with Crippen LogP contribution in [0.15, 0.2) is 85.2 Å². The molecule has 0 radical (unpaired) electrons. The molecular formula is C80H84BCl3F2N10O12S2. The maximum Gasteiger partial charge on any atom is 0.494 e. The molecule has 2 unspecified atom stereocenters. The van der Waals surface area contributed by atoms with Crippen LogP contribution in [0.25, 0.3) is 66.8 Å². The second kappa shape index (κ2) is 29.9. The second-order valence-electron chi connectivity index (χ2n) is 30.3. The molecule has 0 saturated carbocycles. The first kappa shape index (κ1) is 75.5. The molecule has 4 N–H and O–H groups in total. The molecule has 5 fully saturated rings. The summed E-state index contributed by atoms with van der Waals surface area (Å²) >= 11 is 24.0. The third-order valence-corrected chi connectivity index (χ3v) is 26.6. The minimum Gasteiger partial charge on any atom is -0.464 e.